The standard InChI is InChI=1S/C16H23BrO2/c1-2-3-4-5-6-7-8-11-19-15-9-10-16(17)14(12-15)13-18/h9-10,12-13H,2-8,11H2,1H3. The van der Waals surface area contributed by atoms with E-state index in [-0.39, 0.29) is 0 Å². The van der Waals surface area contributed by atoms with Gasteiger partial charge in [0.15, 0.2) is 6.29 Å². The van der Waals surface area contributed by atoms with E-state index < -0.39 is 0 Å². The predicted molar refractivity (Wildman–Crippen MR) is 83.0 cm³/mol. The zero-order valence-electron chi connectivity index (χ0n) is 11.7. The van der Waals surface area contributed by atoms with Crippen LogP contribution in [0.2, 0.25) is 0 Å². The Morgan fingerprint density at radius 2 is 1.79 bits per heavy atom. The molecule has 0 bridgehead atoms. The van der Waals surface area contributed by atoms with Gasteiger partial charge in [-0.2, -0.15) is 0 Å². The smallest absolute Gasteiger partial charge is 0.151 e. The van der Waals surface area contributed by atoms with E-state index in [2.05, 4.69) is 22.9 Å². The van der Waals surface area contributed by atoms with E-state index in [4.69, 9.17) is 4.74 Å². The van der Waals surface area contributed by atoms with E-state index in [0.29, 0.717) is 5.56 Å². The highest BCUT2D eigenvalue weighted by Crippen LogP contribution is 2.21. The second-order valence-electron chi connectivity index (χ2n) is 4.77. The second kappa shape index (κ2) is 10.0. The van der Waals surface area contributed by atoms with Gasteiger partial charge in [-0.3, -0.25) is 4.79 Å². The third kappa shape index (κ3) is 6.76. The van der Waals surface area contributed by atoms with E-state index in [0.717, 1.165) is 29.5 Å². The van der Waals surface area contributed by atoms with Crippen LogP contribution in [-0.2, 0) is 0 Å². The van der Waals surface area contributed by atoms with Crippen molar-refractivity contribution in [2.45, 2.75) is 51.9 Å². The number of carbonyl (C=O) groups excluding carboxylic acids is 1. The quantitative estimate of drug-likeness (QED) is 0.425. The van der Waals surface area contributed by atoms with Gasteiger partial charge in [0.1, 0.15) is 5.75 Å². The summed E-state index contributed by atoms with van der Waals surface area (Å²) >= 11 is 3.33. The van der Waals surface area contributed by atoms with Crippen LogP contribution in [0.1, 0.15) is 62.2 Å². The van der Waals surface area contributed by atoms with Crippen molar-refractivity contribution in [3.05, 3.63) is 28.2 Å². The maximum absolute atomic E-state index is 10.8. The van der Waals surface area contributed by atoms with Gasteiger partial charge in [0, 0.05) is 10.0 Å². The molecule has 0 fully saturated rings. The first kappa shape index (κ1) is 16.2. The largest absolute Gasteiger partial charge is 0.494 e. The summed E-state index contributed by atoms with van der Waals surface area (Å²) in [5, 5.41) is 0. The first-order valence-electron chi connectivity index (χ1n) is 7.15. The lowest BCUT2D eigenvalue weighted by Crippen LogP contribution is -1.98. The molecule has 0 saturated carbocycles. The average molecular weight is 327 g/mol. The van der Waals surface area contributed by atoms with E-state index in [1.165, 1.54) is 38.5 Å². The summed E-state index contributed by atoms with van der Waals surface area (Å²) in [5.41, 5.74) is 0.636. The molecule has 2 nitrogen and oxygen atoms in total. The number of carbonyl (C=O) groups is 1. The zero-order chi connectivity index (χ0) is 13.9. The fourth-order valence-corrected chi connectivity index (χ4v) is 2.29. The normalized spacial score (nSPS) is 10.4. The topological polar surface area (TPSA) is 26.3 Å². The molecule has 0 saturated heterocycles. The van der Waals surface area contributed by atoms with Gasteiger partial charge in [0.25, 0.3) is 0 Å². The van der Waals surface area contributed by atoms with Crippen LogP contribution >= 0.6 is 15.9 Å². The zero-order valence-corrected chi connectivity index (χ0v) is 13.2. The number of hydrogen-bond donors (Lipinski definition) is 0. The van der Waals surface area contributed by atoms with Crippen molar-refractivity contribution in [3.8, 4) is 5.75 Å². The Bertz CT molecular complexity index is 377. The molecule has 1 aromatic carbocycles. The van der Waals surface area contributed by atoms with Gasteiger partial charge in [0.2, 0.25) is 0 Å². The van der Waals surface area contributed by atoms with Crippen LogP contribution in [0, 0.1) is 0 Å². The summed E-state index contributed by atoms with van der Waals surface area (Å²) in [5.74, 6) is 0.774. The number of benzene rings is 1. The molecule has 0 aliphatic carbocycles. The maximum atomic E-state index is 10.8. The highest BCUT2D eigenvalue weighted by atomic mass is 79.9. The Labute approximate surface area is 124 Å². The Morgan fingerprint density at radius 1 is 1.11 bits per heavy atom. The molecule has 0 amide bonds. The highest BCUT2D eigenvalue weighted by Gasteiger charge is 2.01. The molecule has 0 aliphatic rings. The van der Waals surface area contributed by atoms with Crippen molar-refractivity contribution in [2.75, 3.05) is 6.61 Å². The molecule has 19 heavy (non-hydrogen) atoms. The summed E-state index contributed by atoms with van der Waals surface area (Å²) in [6.45, 7) is 2.97. The van der Waals surface area contributed by atoms with Gasteiger partial charge in [-0.15, -0.1) is 0 Å². The number of aldehydes is 1. The summed E-state index contributed by atoms with van der Waals surface area (Å²) < 4.78 is 6.46. The van der Waals surface area contributed by atoms with Crippen molar-refractivity contribution in [1.29, 1.82) is 0 Å². The molecule has 0 atom stereocenters. The van der Waals surface area contributed by atoms with E-state index in [9.17, 15) is 4.79 Å². The number of halogens is 1. The molecule has 0 heterocycles. The van der Waals surface area contributed by atoms with Crippen LogP contribution in [0.3, 0.4) is 0 Å². The fraction of sp³-hybridized carbons (Fsp3) is 0.562. The van der Waals surface area contributed by atoms with Crippen LogP contribution in [0.15, 0.2) is 22.7 Å². The minimum absolute atomic E-state index is 0.636. The number of ether oxygens (including phenoxy) is 1. The Morgan fingerprint density at radius 3 is 2.47 bits per heavy atom. The fourth-order valence-electron chi connectivity index (χ4n) is 1.95. The molecule has 0 aromatic heterocycles. The SMILES string of the molecule is CCCCCCCCCOc1ccc(Br)c(C=O)c1. The lowest BCUT2D eigenvalue weighted by molar-refractivity contribution is 0.112. The first-order valence-corrected chi connectivity index (χ1v) is 7.94. The minimum Gasteiger partial charge on any atom is -0.494 e. The maximum Gasteiger partial charge on any atom is 0.151 e. The number of unbranched alkanes of at least 4 members (excludes halogenated alkanes) is 6. The molecule has 1 aromatic rings. The van der Waals surface area contributed by atoms with E-state index in [1.807, 2.05) is 12.1 Å². The van der Waals surface area contributed by atoms with Crippen molar-refractivity contribution in [1.82, 2.24) is 0 Å². The molecule has 1 rings (SSSR count). The molecule has 0 unspecified atom stereocenters. The summed E-state index contributed by atoms with van der Waals surface area (Å²) in [6, 6.07) is 5.51. The summed E-state index contributed by atoms with van der Waals surface area (Å²) in [6.07, 6.45) is 9.77. The van der Waals surface area contributed by atoms with Gasteiger partial charge in [-0.1, -0.05) is 61.4 Å². The molecule has 0 radical (unpaired) electrons. The van der Waals surface area contributed by atoms with Gasteiger partial charge < -0.3 is 4.74 Å². The molecule has 0 N–H and O–H groups in total. The Balaban J connectivity index is 2.14. The molecule has 3 heteroatoms. The summed E-state index contributed by atoms with van der Waals surface area (Å²) in [4.78, 5) is 10.8. The third-order valence-electron chi connectivity index (χ3n) is 3.11. The molecule has 106 valence electrons. The van der Waals surface area contributed by atoms with Crippen LogP contribution in [-0.4, -0.2) is 12.9 Å². The lowest BCUT2D eigenvalue weighted by Gasteiger charge is -2.07. The highest BCUT2D eigenvalue weighted by molar-refractivity contribution is 9.10. The van der Waals surface area contributed by atoms with E-state index in [1.54, 1.807) is 6.07 Å². The van der Waals surface area contributed by atoms with Crippen LogP contribution in [0.25, 0.3) is 0 Å². The molecular formula is C16H23BrO2. The van der Waals surface area contributed by atoms with Crippen molar-refractivity contribution >= 4 is 22.2 Å². The van der Waals surface area contributed by atoms with Crippen molar-refractivity contribution in [3.63, 3.8) is 0 Å². The number of rotatable bonds is 10. The second-order valence-corrected chi connectivity index (χ2v) is 5.63. The minimum atomic E-state index is 0.636. The van der Waals surface area contributed by atoms with Crippen molar-refractivity contribution in [2.24, 2.45) is 0 Å². The molecule has 0 spiro atoms. The predicted octanol–water partition coefficient (Wildman–Crippen LogP) is 5.39. The third-order valence-corrected chi connectivity index (χ3v) is 3.83. The van der Waals surface area contributed by atoms with Crippen molar-refractivity contribution < 1.29 is 9.53 Å². The lowest BCUT2D eigenvalue weighted by atomic mass is 10.1. The van der Waals surface area contributed by atoms with Crippen LogP contribution in [0.4, 0.5) is 0 Å². The monoisotopic (exact) mass is 326 g/mol. The van der Waals surface area contributed by atoms with Gasteiger partial charge in [-0.25, -0.2) is 0 Å². The Hall–Kier alpha value is -0.830. The average Bonchev–Trinajstić information content (AvgIpc) is 2.43. The number of hydrogen-bond acceptors (Lipinski definition) is 2. The summed E-state index contributed by atoms with van der Waals surface area (Å²) in [7, 11) is 0. The molecular weight excluding hydrogens is 304 g/mol. The van der Waals surface area contributed by atoms with Gasteiger partial charge in [0.05, 0.1) is 6.61 Å². The van der Waals surface area contributed by atoms with Gasteiger partial charge >= 0.3 is 0 Å². The van der Waals surface area contributed by atoms with Gasteiger partial charge in [-0.05, 0) is 24.6 Å². The Kier molecular flexibility index (Phi) is 8.55. The van der Waals surface area contributed by atoms with E-state index >= 15 is 0 Å². The van der Waals surface area contributed by atoms with Crippen LogP contribution in [0.5, 0.6) is 5.75 Å². The van der Waals surface area contributed by atoms with Crippen LogP contribution < -0.4 is 4.74 Å². The first-order chi connectivity index (χ1) is 9.27. The molecule has 0 aliphatic heterocycles.